The van der Waals surface area contributed by atoms with Gasteiger partial charge in [0.05, 0.1) is 18.9 Å². The summed E-state index contributed by atoms with van der Waals surface area (Å²) in [4.78, 5) is 18.8. The summed E-state index contributed by atoms with van der Waals surface area (Å²) in [5.41, 5.74) is 1.03. The average Bonchev–Trinajstić information content (AvgIpc) is 3.12. The minimum Gasteiger partial charge on any atom is -0.379 e. The zero-order chi connectivity index (χ0) is 14.5. The molecule has 2 heterocycles. The van der Waals surface area contributed by atoms with Gasteiger partial charge in [0.1, 0.15) is 0 Å². The van der Waals surface area contributed by atoms with Gasteiger partial charge in [0.15, 0.2) is 5.13 Å². The van der Waals surface area contributed by atoms with Crippen molar-refractivity contribution in [1.29, 1.82) is 0 Å². The fraction of sp³-hybridized carbons (Fsp3) is 0.600. The Hall–Kier alpha value is -1.24. The first-order chi connectivity index (χ1) is 10.3. The number of nitrogens with zero attached hydrogens (tertiary/aromatic N) is 2. The summed E-state index contributed by atoms with van der Waals surface area (Å²) in [5, 5.41) is 5.66. The van der Waals surface area contributed by atoms with Crippen LogP contribution in [0.2, 0.25) is 0 Å². The SMILES string of the molecule is O=C(CC1C=CCC1)Nc1nc(CN2CCOCC2)cs1. The highest BCUT2D eigenvalue weighted by Crippen LogP contribution is 2.22. The van der Waals surface area contributed by atoms with Crippen LogP contribution >= 0.6 is 11.3 Å². The van der Waals surface area contributed by atoms with Crippen molar-refractivity contribution in [2.75, 3.05) is 31.6 Å². The third kappa shape index (κ3) is 4.36. The summed E-state index contributed by atoms with van der Waals surface area (Å²) in [6.07, 6.45) is 7.05. The number of carbonyl (C=O) groups is 1. The van der Waals surface area contributed by atoms with E-state index in [9.17, 15) is 4.79 Å². The molecule has 114 valence electrons. The molecule has 0 bridgehead atoms. The molecule has 0 aromatic carbocycles. The molecule has 1 aromatic heterocycles. The topological polar surface area (TPSA) is 54.5 Å². The fourth-order valence-electron chi connectivity index (χ4n) is 2.70. The van der Waals surface area contributed by atoms with Crippen molar-refractivity contribution >= 4 is 22.4 Å². The Morgan fingerprint density at radius 3 is 3.10 bits per heavy atom. The molecule has 6 heteroatoms. The number of allylic oxidation sites excluding steroid dienone is 2. The molecule has 1 unspecified atom stereocenters. The predicted molar refractivity (Wildman–Crippen MR) is 83.3 cm³/mol. The van der Waals surface area contributed by atoms with E-state index in [1.54, 1.807) is 0 Å². The molecule has 1 fully saturated rings. The summed E-state index contributed by atoms with van der Waals surface area (Å²) in [6, 6.07) is 0. The van der Waals surface area contributed by atoms with Gasteiger partial charge in [-0.25, -0.2) is 4.98 Å². The van der Waals surface area contributed by atoms with Crippen LogP contribution in [0, 0.1) is 5.92 Å². The molecule has 1 aromatic rings. The Kier molecular flexibility index (Phi) is 5.00. The molecule has 5 nitrogen and oxygen atoms in total. The lowest BCUT2D eigenvalue weighted by atomic mass is 10.1. The number of morpholine rings is 1. The zero-order valence-electron chi connectivity index (χ0n) is 12.1. The van der Waals surface area contributed by atoms with Crippen molar-refractivity contribution in [3.8, 4) is 0 Å². The second-order valence-electron chi connectivity index (χ2n) is 5.55. The van der Waals surface area contributed by atoms with Gasteiger partial charge in [-0.1, -0.05) is 12.2 Å². The van der Waals surface area contributed by atoms with Crippen molar-refractivity contribution in [2.45, 2.75) is 25.8 Å². The highest BCUT2D eigenvalue weighted by atomic mass is 32.1. The number of nitrogens with one attached hydrogen (secondary N) is 1. The van der Waals surface area contributed by atoms with Gasteiger partial charge in [-0.05, 0) is 18.8 Å². The highest BCUT2D eigenvalue weighted by molar-refractivity contribution is 7.13. The van der Waals surface area contributed by atoms with Gasteiger partial charge >= 0.3 is 0 Å². The first-order valence-electron chi connectivity index (χ1n) is 7.50. The molecule has 1 N–H and O–H groups in total. The van der Waals surface area contributed by atoms with Gasteiger partial charge in [-0.3, -0.25) is 9.69 Å². The van der Waals surface area contributed by atoms with Crippen LogP contribution in [0.5, 0.6) is 0 Å². The van der Waals surface area contributed by atoms with E-state index in [-0.39, 0.29) is 5.91 Å². The predicted octanol–water partition coefficient (Wildman–Crippen LogP) is 2.27. The molecular formula is C15H21N3O2S. The zero-order valence-corrected chi connectivity index (χ0v) is 12.9. The highest BCUT2D eigenvalue weighted by Gasteiger charge is 2.16. The third-order valence-electron chi connectivity index (χ3n) is 3.85. The van der Waals surface area contributed by atoms with E-state index in [2.05, 4.69) is 27.4 Å². The van der Waals surface area contributed by atoms with Crippen LogP contribution in [-0.2, 0) is 16.1 Å². The molecule has 0 spiro atoms. The molecule has 2 aliphatic rings. The van der Waals surface area contributed by atoms with Crippen molar-refractivity contribution in [3.05, 3.63) is 23.2 Å². The standard InChI is InChI=1S/C15H21N3O2S/c19-14(9-12-3-1-2-4-12)17-15-16-13(11-21-15)10-18-5-7-20-8-6-18/h1,3,11-12H,2,4-10H2,(H,16,17,19). The van der Waals surface area contributed by atoms with Gasteiger partial charge in [0.25, 0.3) is 0 Å². The van der Waals surface area contributed by atoms with Gasteiger partial charge < -0.3 is 10.1 Å². The molecule has 1 aliphatic carbocycles. The van der Waals surface area contributed by atoms with Crippen LogP contribution in [0.4, 0.5) is 5.13 Å². The van der Waals surface area contributed by atoms with E-state index < -0.39 is 0 Å². The number of rotatable bonds is 5. The number of ether oxygens (including phenoxy) is 1. The summed E-state index contributed by atoms with van der Waals surface area (Å²) in [5.74, 6) is 0.469. The number of aromatic nitrogens is 1. The molecule has 1 amide bonds. The number of hydrogen-bond donors (Lipinski definition) is 1. The lowest BCUT2D eigenvalue weighted by Gasteiger charge is -2.25. The number of thiazole rings is 1. The number of anilines is 1. The van der Waals surface area contributed by atoms with Crippen molar-refractivity contribution in [2.24, 2.45) is 5.92 Å². The van der Waals surface area contributed by atoms with Gasteiger partial charge in [0, 0.05) is 31.4 Å². The maximum atomic E-state index is 12.0. The molecular weight excluding hydrogens is 286 g/mol. The monoisotopic (exact) mass is 307 g/mol. The first kappa shape index (κ1) is 14.7. The fourth-order valence-corrected chi connectivity index (χ4v) is 3.42. The summed E-state index contributed by atoms with van der Waals surface area (Å²) in [6.45, 7) is 4.33. The second kappa shape index (κ2) is 7.15. The van der Waals surface area contributed by atoms with E-state index in [0.717, 1.165) is 51.4 Å². The van der Waals surface area contributed by atoms with E-state index in [1.807, 2.05) is 5.38 Å². The van der Waals surface area contributed by atoms with E-state index in [1.165, 1.54) is 11.3 Å². The van der Waals surface area contributed by atoms with Crippen molar-refractivity contribution in [1.82, 2.24) is 9.88 Å². The van der Waals surface area contributed by atoms with Crippen molar-refractivity contribution in [3.63, 3.8) is 0 Å². The van der Waals surface area contributed by atoms with E-state index in [4.69, 9.17) is 4.74 Å². The largest absolute Gasteiger partial charge is 0.379 e. The summed E-state index contributed by atoms with van der Waals surface area (Å²) < 4.78 is 5.34. The second-order valence-corrected chi connectivity index (χ2v) is 6.41. The average molecular weight is 307 g/mol. The van der Waals surface area contributed by atoms with Crippen LogP contribution in [0.25, 0.3) is 0 Å². The number of hydrogen-bond acceptors (Lipinski definition) is 5. The smallest absolute Gasteiger partial charge is 0.226 e. The Labute approximate surface area is 129 Å². The third-order valence-corrected chi connectivity index (χ3v) is 4.65. The van der Waals surface area contributed by atoms with Crippen LogP contribution in [0.15, 0.2) is 17.5 Å². The summed E-state index contributed by atoms with van der Waals surface area (Å²) in [7, 11) is 0. The Morgan fingerprint density at radius 2 is 2.33 bits per heavy atom. The number of carbonyl (C=O) groups excluding carboxylic acids is 1. The lowest BCUT2D eigenvalue weighted by Crippen LogP contribution is -2.35. The molecule has 0 saturated carbocycles. The first-order valence-corrected chi connectivity index (χ1v) is 8.38. The van der Waals surface area contributed by atoms with Gasteiger partial charge in [-0.2, -0.15) is 0 Å². The van der Waals surface area contributed by atoms with Crippen LogP contribution in [0.3, 0.4) is 0 Å². The van der Waals surface area contributed by atoms with Gasteiger partial charge in [0.2, 0.25) is 5.91 Å². The molecule has 1 saturated heterocycles. The maximum absolute atomic E-state index is 12.0. The Morgan fingerprint density at radius 1 is 1.48 bits per heavy atom. The van der Waals surface area contributed by atoms with Crippen LogP contribution in [-0.4, -0.2) is 42.1 Å². The quantitative estimate of drug-likeness (QED) is 0.848. The van der Waals surface area contributed by atoms with Crippen molar-refractivity contribution < 1.29 is 9.53 Å². The molecule has 21 heavy (non-hydrogen) atoms. The Bertz CT molecular complexity index is 509. The van der Waals surface area contributed by atoms with Gasteiger partial charge in [-0.15, -0.1) is 11.3 Å². The normalized spacial score (nSPS) is 22.6. The van der Waals surface area contributed by atoms with E-state index >= 15 is 0 Å². The molecule has 1 aliphatic heterocycles. The molecule has 3 rings (SSSR count). The van der Waals surface area contributed by atoms with Crippen LogP contribution < -0.4 is 5.32 Å². The molecule has 0 radical (unpaired) electrons. The maximum Gasteiger partial charge on any atom is 0.226 e. The minimum absolute atomic E-state index is 0.0684. The summed E-state index contributed by atoms with van der Waals surface area (Å²) >= 11 is 1.51. The number of amides is 1. The Balaban J connectivity index is 1.47. The minimum atomic E-state index is 0.0684. The lowest BCUT2D eigenvalue weighted by molar-refractivity contribution is -0.116. The molecule has 1 atom stereocenters. The van der Waals surface area contributed by atoms with E-state index in [0.29, 0.717) is 17.5 Å². The van der Waals surface area contributed by atoms with Crippen LogP contribution in [0.1, 0.15) is 25.0 Å².